The zero-order chi connectivity index (χ0) is 15.6. The molecule has 4 rings (SSSR count). The summed E-state index contributed by atoms with van der Waals surface area (Å²) in [5.41, 5.74) is 7.29. The van der Waals surface area contributed by atoms with Gasteiger partial charge in [0, 0.05) is 35.7 Å². The standard InChI is InChI=1S/C17H30ClN3OS/c18-12-5-3-11(4-6-12)15-16-14(7-9-23-16)17(21-20-15)19-10-13-2-1-8-22-13/h11-17,19-21H,1-10H2/t11?,12?,13-,14?,15?,16?,17?/m1/s1. The van der Waals surface area contributed by atoms with E-state index in [-0.39, 0.29) is 0 Å². The lowest BCUT2D eigenvalue weighted by Crippen LogP contribution is -2.67. The molecule has 4 nitrogen and oxygen atoms in total. The number of thioether (sulfide) groups is 1. The van der Waals surface area contributed by atoms with Crippen molar-refractivity contribution in [1.82, 2.24) is 16.2 Å². The third-order valence-electron chi connectivity index (χ3n) is 6.17. The van der Waals surface area contributed by atoms with Crippen LogP contribution in [0.1, 0.15) is 44.9 Å². The van der Waals surface area contributed by atoms with Crippen molar-refractivity contribution < 1.29 is 4.74 Å². The minimum atomic E-state index is 0.389. The summed E-state index contributed by atoms with van der Waals surface area (Å²) in [6, 6.07) is 0.609. The Bertz CT molecular complexity index is 388. The van der Waals surface area contributed by atoms with Crippen LogP contribution >= 0.6 is 23.4 Å². The van der Waals surface area contributed by atoms with E-state index < -0.39 is 0 Å². The molecule has 4 fully saturated rings. The molecule has 132 valence electrons. The van der Waals surface area contributed by atoms with Gasteiger partial charge in [-0.15, -0.1) is 11.6 Å². The van der Waals surface area contributed by atoms with Crippen LogP contribution in [0.2, 0.25) is 0 Å². The second-order valence-corrected chi connectivity index (χ2v) is 9.54. The van der Waals surface area contributed by atoms with Gasteiger partial charge >= 0.3 is 0 Å². The van der Waals surface area contributed by atoms with Gasteiger partial charge in [0.15, 0.2) is 0 Å². The van der Waals surface area contributed by atoms with Crippen molar-refractivity contribution in [2.45, 2.75) is 73.9 Å². The summed E-state index contributed by atoms with van der Waals surface area (Å²) in [4.78, 5) is 0. The van der Waals surface area contributed by atoms with E-state index in [1.165, 1.54) is 50.7 Å². The maximum absolute atomic E-state index is 6.30. The first kappa shape index (κ1) is 16.9. The molecule has 4 aliphatic rings. The number of hydrazine groups is 1. The highest BCUT2D eigenvalue weighted by molar-refractivity contribution is 8.00. The topological polar surface area (TPSA) is 45.3 Å². The van der Waals surface area contributed by atoms with E-state index >= 15 is 0 Å². The van der Waals surface area contributed by atoms with Crippen molar-refractivity contribution in [3.05, 3.63) is 0 Å². The number of alkyl halides is 1. The van der Waals surface area contributed by atoms with Crippen LogP contribution in [0.25, 0.3) is 0 Å². The van der Waals surface area contributed by atoms with Crippen LogP contribution in [0, 0.1) is 11.8 Å². The molecular formula is C17H30ClN3OS. The van der Waals surface area contributed by atoms with Crippen LogP contribution < -0.4 is 16.2 Å². The summed E-state index contributed by atoms with van der Waals surface area (Å²) < 4.78 is 5.75. The first-order chi connectivity index (χ1) is 11.3. The van der Waals surface area contributed by atoms with E-state index in [2.05, 4.69) is 27.9 Å². The molecule has 1 saturated carbocycles. The molecule has 0 aromatic carbocycles. The van der Waals surface area contributed by atoms with Gasteiger partial charge in [-0.25, -0.2) is 5.43 Å². The number of halogens is 1. The highest BCUT2D eigenvalue weighted by Gasteiger charge is 2.45. The lowest BCUT2D eigenvalue weighted by atomic mass is 9.78. The van der Waals surface area contributed by atoms with E-state index in [1.54, 1.807) is 0 Å². The zero-order valence-electron chi connectivity index (χ0n) is 13.8. The fourth-order valence-electron chi connectivity index (χ4n) is 4.82. The van der Waals surface area contributed by atoms with Gasteiger partial charge in [-0.2, -0.15) is 11.8 Å². The van der Waals surface area contributed by atoms with Gasteiger partial charge in [0.05, 0.1) is 12.3 Å². The number of hydrogen-bond acceptors (Lipinski definition) is 5. The molecule has 23 heavy (non-hydrogen) atoms. The van der Waals surface area contributed by atoms with Crippen molar-refractivity contribution in [3.8, 4) is 0 Å². The molecule has 0 spiro atoms. The molecule has 0 amide bonds. The molecule has 1 aliphatic carbocycles. The molecular weight excluding hydrogens is 330 g/mol. The van der Waals surface area contributed by atoms with Crippen molar-refractivity contribution >= 4 is 23.4 Å². The van der Waals surface area contributed by atoms with E-state index in [9.17, 15) is 0 Å². The van der Waals surface area contributed by atoms with Crippen LogP contribution in [-0.4, -0.2) is 47.8 Å². The highest BCUT2D eigenvalue weighted by Crippen LogP contribution is 2.43. The van der Waals surface area contributed by atoms with E-state index in [1.807, 2.05) is 0 Å². The molecule has 0 radical (unpaired) electrons. The molecule has 3 aliphatic heterocycles. The SMILES string of the molecule is ClC1CCC(C2NNC(NC[C@H]3CCCO3)C3CCSC32)CC1. The number of ether oxygens (including phenoxy) is 1. The molecule has 5 atom stereocenters. The normalized spacial score (nSPS) is 47.6. The Hall–Kier alpha value is 0.480. The van der Waals surface area contributed by atoms with Crippen LogP contribution in [0.3, 0.4) is 0 Å². The predicted molar refractivity (Wildman–Crippen MR) is 96.8 cm³/mol. The van der Waals surface area contributed by atoms with Crippen molar-refractivity contribution in [1.29, 1.82) is 0 Å². The summed E-state index contributed by atoms with van der Waals surface area (Å²) in [6.45, 7) is 1.92. The van der Waals surface area contributed by atoms with E-state index in [0.29, 0.717) is 23.7 Å². The number of rotatable bonds is 4. The lowest BCUT2D eigenvalue weighted by Gasteiger charge is -2.45. The fraction of sp³-hybridized carbons (Fsp3) is 1.00. The average molecular weight is 360 g/mol. The van der Waals surface area contributed by atoms with Gasteiger partial charge in [0.2, 0.25) is 0 Å². The maximum atomic E-state index is 6.30. The monoisotopic (exact) mass is 359 g/mol. The number of fused-ring (bicyclic) bond motifs is 1. The largest absolute Gasteiger partial charge is 0.377 e. The Morgan fingerprint density at radius 1 is 1.09 bits per heavy atom. The van der Waals surface area contributed by atoms with Crippen molar-refractivity contribution in [3.63, 3.8) is 0 Å². The van der Waals surface area contributed by atoms with Gasteiger partial charge in [-0.1, -0.05) is 0 Å². The van der Waals surface area contributed by atoms with Gasteiger partial charge in [-0.3, -0.25) is 10.7 Å². The Balaban J connectivity index is 1.33. The summed E-state index contributed by atoms with van der Waals surface area (Å²) in [5.74, 6) is 2.83. The maximum Gasteiger partial charge on any atom is 0.0745 e. The molecule has 0 bridgehead atoms. The van der Waals surface area contributed by atoms with Gasteiger partial charge < -0.3 is 4.74 Å². The molecule has 6 heteroatoms. The summed E-state index contributed by atoms with van der Waals surface area (Å²) >= 11 is 8.48. The second-order valence-electron chi connectivity index (χ2n) is 7.64. The van der Waals surface area contributed by atoms with Crippen LogP contribution in [0.4, 0.5) is 0 Å². The third-order valence-corrected chi connectivity index (χ3v) is 8.11. The zero-order valence-corrected chi connectivity index (χ0v) is 15.4. The molecule has 3 heterocycles. The van der Waals surface area contributed by atoms with Crippen LogP contribution in [-0.2, 0) is 4.74 Å². The first-order valence-corrected chi connectivity index (χ1v) is 10.9. The summed E-state index contributed by atoms with van der Waals surface area (Å²) in [7, 11) is 0. The van der Waals surface area contributed by atoms with E-state index in [0.717, 1.165) is 30.2 Å². The second kappa shape index (κ2) is 7.79. The number of hydrogen-bond donors (Lipinski definition) is 3. The minimum Gasteiger partial charge on any atom is -0.377 e. The first-order valence-electron chi connectivity index (χ1n) is 9.43. The smallest absolute Gasteiger partial charge is 0.0745 e. The predicted octanol–water partition coefficient (Wildman–Crippen LogP) is 2.48. The summed E-state index contributed by atoms with van der Waals surface area (Å²) in [5, 5.41) is 4.89. The Labute approximate surface area is 149 Å². The molecule has 4 unspecified atom stereocenters. The Kier molecular flexibility index (Phi) is 5.73. The minimum absolute atomic E-state index is 0.389. The summed E-state index contributed by atoms with van der Waals surface area (Å²) in [6.07, 6.45) is 9.50. The highest BCUT2D eigenvalue weighted by atomic mass is 35.5. The van der Waals surface area contributed by atoms with Crippen LogP contribution in [0.15, 0.2) is 0 Å². The average Bonchev–Trinajstić information content (AvgIpc) is 3.25. The van der Waals surface area contributed by atoms with Gasteiger partial charge in [-0.05, 0) is 56.6 Å². The van der Waals surface area contributed by atoms with Crippen molar-refractivity contribution in [2.24, 2.45) is 11.8 Å². The number of nitrogens with one attached hydrogen (secondary N) is 3. The van der Waals surface area contributed by atoms with Gasteiger partial charge in [0.25, 0.3) is 0 Å². The lowest BCUT2D eigenvalue weighted by molar-refractivity contribution is 0.0863. The fourth-order valence-corrected chi connectivity index (χ4v) is 6.79. The molecule has 0 aromatic heterocycles. The molecule has 3 saturated heterocycles. The van der Waals surface area contributed by atoms with Gasteiger partial charge in [0.1, 0.15) is 0 Å². The van der Waals surface area contributed by atoms with E-state index in [4.69, 9.17) is 16.3 Å². The Morgan fingerprint density at radius 3 is 2.74 bits per heavy atom. The Morgan fingerprint density at radius 2 is 1.96 bits per heavy atom. The van der Waals surface area contributed by atoms with Crippen molar-refractivity contribution in [2.75, 3.05) is 18.9 Å². The quantitative estimate of drug-likeness (QED) is 0.673. The molecule has 3 N–H and O–H groups in total. The third kappa shape index (κ3) is 3.85. The molecule has 0 aromatic rings. The van der Waals surface area contributed by atoms with Crippen LogP contribution in [0.5, 0.6) is 0 Å².